The van der Waals surface area contributed by atoms with Crippen molar-refractivity contribution in [2.45, 2.75) is 64.2 Å². The highest BCUT2D eigenvalue weighted by atomic mass is 32.1. The third kappa shape index (κ3) is 4.00. The number of benzene rings is 2. The molecule has 3 aromatic rings. The maximum atomic E-state index is 13.0. The number of piperidine rings is 1. The predicted octanol–water partition coefficient (Wildman–Crippen LogP) is 6.06. The molecule has 0 aliphatic carbocycles. The van der Waals surface area contributed by atoms with Crippen LogP contribution < -0.4 is 9.64 Å². The van der Waals surface area contributed by atoms with Crippen molar-refractivity contribution in [1.29, 1.82) is 0 Å². The third-order valence-electron chi connectivity index (χ3n) is 7.89. The van der Waals surface area contributed by atoms with E-state index in [1.165, 1.54) is 17.8 Å². The Bertz CT molecular complexity index is 1200. The summed E-state index contributed by atoms with van der Waals surface area (Å²) in [6, 6.07) is 15.8. The number of aromatic nitrogens is 1. The molecule has 6 rings (SSSR count). The van der Waals surface area contributed by atoms with Gasteiger partial charge in [-0.1, -0.05) is 12.1 Å². The maximum Gasteiger partial charge on any atom is 0.253 e. The highest BCUT2D eigenvalue weighted by molar-refractivity contribution is 7.09. The lowest BCUT2D eigenvalue weighted by Gasteiger charge is -2.45. The van der Waals surface area contributed by atoms with Crippen molar-refractivity contribution in [3.8, 4) is 11.5 Å². The van der Waals surface area contributed by atoms with Gasteiger partial charge in [-0.3, -0.25) is 9.69 Å². The van der Waals surface area contributed by atoms with Crippen molar-refractivity contribution < 1.29 is 9.53 Å². The van der Waals surface area contributed by atoms with Gasteiger partial charge in [-0.25, -0.2) is 4.98 Å². The molecule has 7 heteroatoms. The number of para-hydroxylation sites is 2. The fraction of sp³-hybridized carbons (Fsp3) is 0.429. The lowest BCUT2D eigenvalue weighted by atomic mass is 9.93. The molecule has 2 aromatic carbocycles. The second-order valence-electron chi connectivity index (χ2n) is 9.71. The summed E-state index contributed by atoms with van der Waals surface area (Å²) < 4.78 is 6.37. The van der Waals surface area contributed by atoms with E-state index < -0.39 is 0 Å². The van der Waals surface area contributed by atoms with Gasteiger partial charge in [0.1, 0.15) is 5.01 Å². The van der Waals surface area contributed by atoms with E-state index in [1.54, 1.807) is 11.3 Å². The average molecular weight is 489 g/mol. The molecule has 1 aromatic heterocycles. The van der Waals surface area contributed by atoms with Gasteiger partial charge in [-0.15, -0.1) is 11.3 Å². The van der Waals surface area contributed by atoms with E-state index in [4.69, 9.17) is 4.74 Å². The molecular weight excluding hydrogens is 456 g/mol. The first-order chi connectivity index (χ1) is 17.2. The lowest BCUT2D eigenvalue weighted by molar-refractivity contribution is 0.0772. The fourth-order valence-corrected chi connectivity index (χ4v) is 6.83. The molecule has 3 atom stereocenters. The Hall–Kier alpha value is -2.90. The van der Waals surface area contributed by atoms with E-state index in [0.717, 1.165) is 42.3 Å². The van der Waals surface area contributed by atoms with Gasteiger partial charge in [0, 0.05) is 48.4 Å². The summed E-state index contributed by atoms with van der Waals surface area (Å²) in [5.41, 5.74) is 2.88. The number of hydrogen-bond donors (Lipinski definition) is 0. The topological polar surface area (TPSA) is 48.9 Å². The van der Waals surface area contributed by atoms with Gasteiger partial charge in [-0.2, -0.15) is 0 Å². The Balaban J connectivity index is 1.32. The SMILES string of the molecule is CCN(CC)C(=O)c1ccc2c(c1)Oc1ccccc1N2[C@H]1C[C@H]2CC[C@@H](C1)N2Cc1nccs1. The van der Waals surface area contributed by atoms with Gasteiger partial charge in [0.2, 0.25) is 0 Å². The zero-order valence-corrected chi connectivity index (χ0v) is 21.2. The van der Waals surface area contributed by atoms with Crippen LogP contribution in [0.15, 0.2) is 54.0 Å². The minimum absolute atomic E-state index is 0.0559. The summed E-state index contributed by atoms with van der Waals surface area (Å²) in [6.45, 7) is 6.40. The van der Waals surface area contributed by atoms with Crippen molar-refractivity contribution >= 4 is 28.6 Å². The fourth-order valence-electron chi connectivity index (χ4n) is 6.21. The Labute approximate surface area is 211 Å². The van der Waals surface area contributed by atoms with Gasteiger partial charge in [0.05, 0.1) is 17.9 Å². The molecule has 2 saturated heterocycles. The summed E-state index contributed by atoms with van der Waals surface area (Å²) in [7, 11) is 0. The number of thiazole rings is 1. The molecule has 35 heavy (non-hydrogen) atoms. The lowest BCUT2D eigenvalue weighted by Crippen LogP contribution is -2.49. The standard InChI is InChI=1S/C28H32N4O2S/c1-3-30(4-2)28(33)19-9-12-24-26(15-19)34-25-8-6-5-7-23(25)32(24)22-16-20-10-11-21(17-22)31(20)18-27-29-13-14-35-27/h5-9,12-15,20-22H,3-4,10-11,16-18H2,1-2H3/t20-,21+,22+. The van der Waals surface area contributed by atoms with Crippen LogP contribution in [0.2, 0.25) is 0 Å². The van der Waals surface area contributed by atoms with Crippen molar-refractivity contribution in [1.82, 2.24) is 14.8 Å². The van der Waals surface area contributed by atoms with Crippen LogP contribution in [0.3, 0.4) is 0 Å². The Morgan fingerprint density at radius 3 is 2.49 bits per heavy atom. The zero-order chi connectivity index (χ0) is 23.9. The Kier molecular flexibility index (Phi) is 5.98. The molecule has 2 bridgehead atoms. The monoisotopic (exact) mass is 488 g/mol. The largest absolute Gasteiger partial charge is 0.453 e. The van der Waals surface area contributed by atoms with E-state index in [9.17, 15) is 4.79 Å². The molecule has 3 aliphatic heterocycles. The number of ether oxygens (including phenoxy) is 1. The van der Waals surface area contributed by atoms with Gasteiger partial charge in [-0.05, 0) is 69.9 Å². The van der Waals surface area contributed by atoms with Gasteiger partial charge >= 0.3 is 0 Å². The molecular formula is C28H32N4O2S. The van der Waals surface area contributed by atoms with Crippen LogP contribution in [-0.4, -0.2) is 51.9 Å². The van der Waals surface area contributed by atoms with Crippen molar-refractivity contribution in [3.63, 3.8) is 0 Å². The highest BCUT2D eigenvalue weighted by Crippen LogP contribution is 2.51. The molecule has 0 spiro atoms. The summed E-state index contributed by atoms with van der Waals surface area (Å²) >= 11 is 1.76. The van der Waals surface area contributed by atoms with Crippen molar-refractivity contribution in [2.24, 2.45) is 0 Å². The molecule has 0 N–H and O–H groups in total. The second kappa shape index (κ2) is 9.28. The van der Waals surface area contributed by atoms with E-state index >= 15 is 0 Å². The summed E-state index contributed by atoms with van der Waals surface area (Å²) in [6.07, 6.45) is 6.66. The van der Waals surface area contributed by atoms with E-state index in [1.807, 2.05) is 49.2 Å². The number of amides is 1. The number of anilines is 2. The molecule has 4 heterocycles. The molecule has 0 unspecified atom stereocenters. The van der Waals surface area contributed by atoms with Crippen LogP contribution in [0.4, 0.5) is 11.4 Å². The van der Waals surface area contributed by atoms with Crippen molar-refractivity contribution in [3.05, 3.63) is 64.6 Å². The minimum atomic E-state index is 0.0559. The number of nitrogens with zero attached hydrogens (tertiary/aromatic N) is 4. The van der Waals surface area contributed by atoms with Gasteiger partial charge in [0.25, 0.3) is 5.91 Å². The molecule has 0 saturated carbocycles. The second-order valence-corrected chi connectivity index (χ2v) is 10.7. The smallest absolute Gasteiger partial charge is 0.253 e. The molecule has 1 amide bonds. The molecule has 3 aliphatic rings. The Morgan fingerprint density at radius 1 is 1.03 bits per heavy atom. The van der Waals surface area contributed by atoms with Gasteiger partial charge < -0.3 is 14.5 Å². The summed E-state index contributed by atoms with van der Waals surface area (Å²) in [4.78, 5) is 24.6. The highest BCUT2D eigenvalue weighted by Gasteiger charge is 2.44. The first-order valence-electron chi connectivity index (χ1n) is 12.8. The minimum Gasteiger partial charge on any atom is -0.453 e. The molecule has 0 radical (unpaired) electrons. The van der Waals surface area contributed by atoms with Crippen LogP contribution >= 0.6 is 11.3 Å². The van der Waals surface area contributed by atoms with E-state index in [0.29, 0.717) is 36.8 Å². The maximum absolute atomic E-state index is 13.0. The number of fused-ring (bicyclic) bond motifs is 4. The first kappa shape index (κ1) is 22.6. The molecule has 2 fully saturated rings. The normalized spacial score (nSPS) is 22.9. The number of rotatable bonds is 6. The van der Waals surface area contributed by atoms with Crippen LogP contribution in [0, 0.1) is 0 Å². The number of hydrogen-bond acceptors (Lipinski definition) is 6. The summed E-state index contributed by atoms with van der Waals surface area (Å²) in [5.74, 6) is 1.70. The quantitative estimate of drug-likeness (QED) is 0.422. The van der Waals surface area contributed by atoms with Crippen LogP contribution in [0.5, 0.6) is 11.5 Å². The van der Waals surface area contributed by atoms with Gasteiger partial charge in [0.15, 0.2) is 11.5 Å². The van der Waals surface area contributed by atoms with Crippen molar-refractivity contribution in [2.75, 3.05) is 18.0 Å². The molecule has 6 nitrogen and oxygen atoms in total. The van der Waals surface area contributed by atoms with E-state index in [2.05, 4.69) is 38.4 Å². The van der Waals surface area contributed by atoms with Crippen LogP contribution in [-0.2, 0) is 6.54 Å². The summed E-state index contributed by atoms with van der Waals surface area (Å²) in [5, 5.41) is 3.29. The number of carbonyl (C=O) groups is 1. The Morgan fingerprint density at radius 2 is 1.77 bits per heavy atom. The first-order valence-corrected chi connectivity index (χ1v) is 13.7. The third-order valence-corrected chi connectivity index (χ3v) is 8.65. The zero-order valence-electron chi connectivity index (χ0n) is 20.4. The number of carbonyl (C=O) groups excluding carboxylic acids is 1. The van der Waals surface area contributed by atoms with E-state index in [-0.39, 0.29) is 5.91 Å². The predicted molar refractivity (Wildman–Crippen MR) is 140 cm³/mol. The molecule has 182 valence electrons. The van der Waals surface area contributed by atoms with Crippen LogP contribution in [0.1, 0.15) is 54.9 Å². The van der Waals surface area contributed by atoms with Crippen LogP contribution in [0.25, 0.3) is 0 Å². The average Bonchev–Trinajstić information content (AvgIpc) is 3.47.